The van der Waals surface area contributed by atoms with E-state index in [2.05, 4.69) is 14.8 Å². The molecule has 0 radical (unpaired) electrons. The predicted octanol–water partition coefficient (Wildman–Crippen LogP) is 2.90. The van der Waals surface area contributed by atoms with Crippen LogP contribution >= 0.6 is 0 Å². The Hall–Kier alpha value is -2.38. The highest BCUT2D eigenvalue weighted by Gasteiger charge is 2.18. The number of amides is 1. The van der Waals surface area contributed by atoms with Gasteiger partial charge < -0.3 is 4.74 Å². The summed E-state index contributed by atoms with van der Waals surface area (Å²) in [7, 11) is -2.40. The molecule has 0 fully saturated rings. The summed E-state index contributed by atoms with van der Waals surface area (Å²) in [5.41, 5.74) is 1.33. The fraction of sp³-hybridized carbons (Fsp3) is 0.188. The lowest BCUT2D eigenvalue weighted by Crippen LogP contribution is -2.26. The molecule has 0 heterocycles. The summed E-state index contributed by atoms with van der Waals surface area (Å²) in [5, 5.41) is 2.46. The summed E-state index contributed by atoms with van der Waals surface area (Å²) in [6, 6.07) is 14.8. The smallest absolute Gasteiger partial charge is 0.411 e. The zero-order chi connectivity index (χ0) is 16.9. The number of carbonyl (C=O) groups is 1. The van der Waals surface area contributed by atoms with Crippen LogP contribution in [0.15, 0.2) is 59.5 Å². The van der Waals surface area contributed by atoms with Gasteiger partial charge in [-0.3, -0.25) is 5.32 Å². The normalized spacial score (nSPS) is 12.4. The maximum absolute atomic E-state index is 12.4. The summed E-state index contributed by atoms with van der Waals surface area (Å²) in [6.45, 7) is 1.78. The van der Waals surface area contributed by atoms with Crippen molar-refractivity contribution in [2.75, 3.05) is 12.4 Å². The maximum atomic E-state index is 12.4. The van der Waals surface area contributed by atoms with Crippen LogP contribution in [-0.2, 0) is 14.8 Å². The Morgan fingerprint density at radius 2 is 1.65 bits per heavy atom. The molecule has 0 bridgehead atoms. The minimum absolute atomic E-state index is 0.121. The molecule has 0 spiro atoms. The van der Waals surface area contributed by atoms with Gasteiger partial charge >= 0.3 is 6.09 Å². The number of anilines is 1. The third-order valence-corrected chi connectivity index (χ3v) is 4.78. The Kier molecular flexibility index (Phi) is 5.36. The van der Waals surface area contributed by atoms with E-state index in [-0.39, 0.29) is 10.9 Å². The second-order valence-electron chi connectivity index (χ2n) is 4.89. The molecule has 0 aliphatic rings. The third-order valence-electron chi connectivity index (χ3n) is 3.23. The van der Waals surface area contributed by atoms with E-state index in [9.17, 15) is 13.2 Å². The standard InChI is InChI=1S/C16H18N2O4S/c1-12(13-6-4-3-5-7-13)18-23(20,21)15-10-8-14(9-11-15)17-16(19)22-2/h3-12,18H,1-2H3,(H,17,19)/t12-/m0/s1. The van der Waals surface area contributed by atoms with Gasteiger partial charge in [0, 0.05) is 11.7 Å². The van der Waals surface area contributed by atoms with E-state index >= 15 is 0 Å². The van der Waals surface area contributed by atoms with E-state index < -0.39 is 16.1 Å². The monoisotopic (exact) mass is 334 g/mol. The molecule has 0 aliphatic carbocycles. The first kappa shape index (κ1) is 17.0. The van der Waals surface area contributed by atoms with Gasteiger partial charge in [-0.2, -0.15) is 0 Å². The highest BCUT2D eigenvalue weighted by molar-refractivity contribution is 7.89. The summed E-state index contributed by atoms with van der Waals surface area (Å²) in [5.74, 6) is 0. The molecule has 1 amide bonds. The topological polar surface area (TPSA) is 84.5 Å². The van der Waals surface area contributed by atoms with Gasteiger partial charge in [-0.25, -0.2) is 17.9 Å². The molecule has 0 saturated carbocycles. The molecule has 2 aromatic rings. The Morgan fingerprint density at radius 1 is 1.04 bits per heavy atom. The van der Waals surface area contributed by atoms with Crippen LogP contribution in [-0.4, -0.2) is 21.6 Å². The maximum Gasteiger partial charge on any atom is 0.411 e. The van der Waals surface area contributed by atoms with Crippen molar-refractivity contribution >= 4 is 21.8 Å². The van der Waals surface area contributed by atoms with Gasteiger partial charge in [0.15, 0.2) is 0 Å². The lowest BCUT2D eigenvalue weighted by Gasteiger charge is -2.15. The number of carbonyl (C=O) groups excluding carboxylic acids is 1. The van der Waals surface area contributed by atoms with Crippen molar-refractivity contribution in [3.8, 4) is 0 Å². The van der Waals surface area contributed by atoms with Crippen molar-refractivity contribution in [2.45, 2.75) is 17.9 Å². The van der Waals surface area contributed by atoms with E-state index in [0.29, 0.717) is 5.69 Å². The lowest BCUT2D eigenvalue weighted by atomic mass is 10.1. The molecule has 6 nitrogen and oxygen atoms in total. The number of methoxy groups -OCH3 is 1. The first-order valence-electron chi connectivity index (χ1n) is 6.94. The van der Waals surface area contributed by atoms with Crippen LogP contribution in [0.2, 0.25) is 0 Å². The summed E-state index contributed by atoms with van der Waals surface area (Å²) in [4.78, 5) is 11.2. The zero-order valence-electron chi connectivity index (χ0n) is 12.8. The average molecular weight is 334 g/mol. The number of hydrogen-bond donors (Lipinski definition) is 2. The molecule has 0 aliphatic heterocycles. The van der Waals surface area contributed by atoms with Crippen LogP contribution in [0.25, 0.3) is 0 Å². The highest BCUT2D eigenvalue weighted by atomic mass is 32.2. The molecule has 0 aromatic heterocycles. The lowest BCUT2D eigenvalue weighted by molar-refractivity contribution is 0.187. The third kappa shape index (κ3) is 4.54. The van der Waals surface area contributed by atoms with Crippen LogP contribution in [0.5, 0.6) is 0 Å². The molecular formula is C16H18N2O4S. The summed E-state index contributed by atoms with van der Waals surface area (Å²) < 4.78 is 31.9. The second-order valence-corrected chi connectivity index (χ2v) is 6.61. The number of sulfonamides is 1. The Morgan fingerprint density at radius 3 is 2.22 bits per heavy atom. The Balaban J connectivity index is 2.12. The van der Waals surface area contributed by atoms with Crippen LogP contribution < -0.4 is 10.0 Å². The molecule has 23 heavy (non-hydrogen) atoms. The molecule has 1 atom stereocenters. The van der Waals surface area contributed by atoms with Gasteiger partial charge in [0.1, 0.15) is 0 Å². The predicted molar refractivity (Wildman–Crippen MR) is 87.6 cm³/mol. The number of rotatable bonds is 5. The first-order chi connectivity index (χ1) is 10.9. The number of benzene rings is 2. The molecular weight excluding hydrogens is 316 g/mol. The average Bonchev–Trinajstić information content (AvgIpc) is 2.55. The van der Waals surface area contributed by atoms with Crippen molar-refractivity contribution < 1.29 is 17.9 Å². The molecule has 122 valence electrons. The zero-order valence-corrected chi connectivity index (χ0v) is 13.6. The first-order valence-corrected chi connectivity index (χ1v) is 8.43. The number of hydrogen-bond acceptors (Lipinski definition) is 4. The molecule has 0 saturated heterocycles. The minimum Gasteiger partial charge on any atom is -0.453 e. The van der Waals surface area contributed by atoms with Crippen molar-refractivity contribution in [1.29, 1.82) is 0 Å². The van der Waals surface area contributed by atoms with Crippen molar-refractivity contribution in [3.05, 3.63) is 60.2 Å². The molecule has 2 aromatic carbocycles. The quantitative estimate of drug-likeness (QED) is 0.880. The van der Waals surface area contributed by atoms with Gasteiger partial charge in [-0.1, -0.05) is 30.3 Å². The van der Waals surface area contributed by atoms with E-state index in [4.69, 9.17) is 0 Å². The van der Waals surface area contributed by atoms with Crippen LogP contribution in [0.4, 0.5) is 10.5 Å². The molecule has 7 heteroatoms. The summed E-state index contributed by atoms with van der Waals surface area (Å²) in [6.07, 6.45) is -0.614. The molecule has 2 rings (SSSR count). The Labute approximate surface area is 135 Å². The van der Waals surface area contributed by atoms with Gasteiger partial charge in [-0.15, -0.1) is 0 Å². The van der Waals surface area contributed by atoms with Crippen molar-refractivity contribution in [2.24, 2.45) is 0 Å². The fourth-order valence-electron chi connectivity index (χ4n) is 2.00. The highest BCUT2D eigenvalue weighted by Crippen LogP contribution is 2.18. The van der Waals surface area contributed by atoms with Crippen LogP contribution in [0, 0.1) is 0 Å². The van der Waals surface area contributed by atoms with Crippen molar-refractivity contribution in [1.82, 2.24) is 4.72 Å². The second kappa shape index (κ2) is 7.26. The number of nitrogens with one attached hydrogen (secondary N) is 2. The van der Waals surface area contributed by atoms with E-state index in [1.165, 1.54) is 31.4 Å². The van der Waals surface area contributed by atoms with Gasteiger partial charge in [0.05, 0.1) is 12.0 Å². The van der Waals surface area contributed by atoms with E-state index in [0.717, 1.165) is 5.56 Å². The Bertz CT molecular complexity index is 758. The van der Waals surface area contributed by atoms with Crippen LogP contribution in [0.3, 0.4) is 0 Å². The number of ether oxygens (including phenoxy) is 1. The minimum atomic E-state index is -3.65. The van der Waals surface area contributed by atoms with Crippen LogP contribution in [0.1, 0.15) is 18.5 Å². The van der Waals surface area contributed by atoms with Gasteiger partial charge in [0.25, 0.3) is 0 Å². The largest absolute Gasteiger partial charge is 0.453 e. The van der Waals surface area contributed by atoms with Gasteiger partial charge in [0.2, 0.25) is 10.0 Å². The summed E-state index contributed by atoms with van der Waals surface area (Å²) >= 11 is 0. The molecule has 0 unspecified atom stereocenters. The molecule has 2 N–H and O–H groups in total. The fourth-order valence-corrected chi connectivity index (χ4v) is 3.23. The van der Waals surface area contributed by atoms with E-state index in [1.54, 1.807) is 6.92 Å². The van der Waals surface area contributed by atoms with Gasteiger partial charge in [-0.05, 0) is 36.8 Å². The SMILES string of the molecule is COC(=O)Nc1ccc(S(=O)(=O)N[C@@H](C)c2ccccc2)cc1. The van der Waals surface area contributed by atoms with E-state index in [1.807, 2.05) is 30.3 Å². The van der Waals surface area contributed by atoms with Crippen molar-refractivity contribution in [3.63, 3.8) is 0 Å².